The summed E-state index contributed by atoms with van der Waals surface area (Å²) in [5, 5.41) is 1.83. The highest BCUT2D eigenvalue weighted by atomic mass is 28.3. The van der Waals surface area contributed by atoms with Gasteiger partial charge in [0.25, 0.3) is 0 Å². The molecule has 0 aromatic rings. The number of rotatable bonds is 0. The summed E-state index contributed by atoms with van der Waals surface area (Å²) in [7, 11) is -1.24. The van der Waals surface area contributed by atoms with Gasteiger partial charge in [-0.3, -0.25) is 0 Å². The Kier molecular flexibility index (Phi) is 2.00. The van der Waals surface area contributed by atoms with E-state index >= 15 is 0 Å². The molecule has 0 spiro atoms. The second-order valence-electron chi connectivity index (χ2n) is 7.24. The Morgan fingerprint density at radius 3 is 2.07 bits per heavy atom. The molecule has 0 amide bonds. The topological polar surface area (TPSA) is 0 Å². The van der Waals surface area contributed by atoms with Crippen LogP contribution in [0.3, 0.4) is 0 Å². The predicted molar refractivity (Wildman–Crippen MR) is 70.4 cm³/mol. The Labute approximate surface area is 95.5 Å². The maximum Gasteiger partial charge on any atom is 0.100 e. The van der Waals surface area contributed by atoms with E-state index in [9.17, 15) is 0 Å². The third kappa shape index (κ3) is 1.39. The molecule has 0 atom stereocenters. The molecule has 2 rings (SSSR count). The normalized spacial score (nSPS) is 30.5. The Morgan fingerprint density at radius 1 is 1.07 bits per heavy atom. The van der Waals surface area contributed by atoms with Crippen molar-refractivity contribution in [1.29, 1.82) is 0 Å². The van der Waals surface area contributed by atoms with Gasteiger partial charge < -0.3 is 0 Å². The van der Waals surface area contributed by atoms with E-state index in [0.717, 1.165) is 0 Å². The minimum absolute atomic E-state index is 0.403. The molecule has 0 aromatic heterocycles. The third-order valence-corrected chi connectivity index (χ3v) is 7.47. The van der Waals surface area contributed by atoms with Gasteiger partial charge >= 0.3 is 0 Å². The van der Waals surface area contributed by atoms with Crippen molar-refractivity contribution in [2.45, 2.75) is 54.1 Å². The zero-order valence-corrected chi connectivity index (χ0v) is 12.3. The average molecular weight is 220 g/mol. The lowest BCUT2D eigenvalue weighted by molar-refractivity contribution is 0.322. The van der Waals surface area contributed by atoms with E-state index in [1.807, 2.05) is 5.20 Å². The van der Waals surface area contributed by atoms with Crippen LogP contribution >= 0.6 is 0 Å². The van der Waals surface area contributed by atoms with Crippen molar-refractivity contribution in [3.8, 4) is 0 Å². The van der Waals surface area contributed by atoms with Crippen LogP contribution in [0.2, 0.25) is 13.1 Å². The van der Waals surface area contributed by atoms with Crippen LogP contribution in [0.4, 0.5) is 0 Å². The Hall–Kier alpha value is -0.303. The number of allylic oxidation sites excluding steroid dienone is 3. The zero-order chi connectivity index (χ0) is 11.6. The van der Waals surface area contributed by atoms with Crippen molar-refractivity contribution in [3.63, 3.8) is 0 Å². The lowest BCUT2D eigenvalue weighted by Gasteiger charge is -2.32. The van der Waals surface area contributed by atoms with E-state index in [2.05, 4.69) is 53.4 Å². The van der Waals surface area contributed by atoms with E-state index in [4.69, 9.17) is 0 Å². The van der Waals surface area contributed by atoms with Crippen LogP contribution in [-0.2, 0) is 0 Å². The molecular formula is C14H24Si. The molecule has 0 aromatic carbocycles. The largest absolute Gasteiger partial charge is 0.100 e. The van der Waals surface area contributed by atoms with Crippen molar-refractivity contribution in [2.24, 2.45) is 10.8 Å². The van der Waals surface area contributed by atoms with Crippen LogP contribution in [0.5, 0.6) is 0 Å². The van der Waals surface area contributed by atoms with Gasteiger partial charge in [0, 0.05) is 0 Å². The van der Waals surface area contributed by atoms with E-state index in [1.54, 1.807) is 11.1 Å². The number of hydrogen-bond donors (Lipinski definition) is 0. The van der Waals surface area contributed by atoms with Gasteiger partial charge in [-0.15, -0.1) is 0 Å². The summed E-state index contributed by atoms with van der Waals surface area (Å²) in [4.78, 5) is 0. The quantitative estimate of drug-likeness (QED) is 0.528. The van der Waals surface area contributed by atoms with Crippen LogP contribution in [0.15, 0.2) is 22.0 Å². The standard InChI is InChI=1S/C14H24Si/c1-10-8-15(6,7)12-11(10)13(2,3)9-14(12,4)5/h8H,9H2,1-7H3. The molecule has 0 saturated carbocycles. The second kappa shape index (κ2) is 2.68. The summed E-state index contributed by atoms with van der Waals surface area (Å²) < 4.78 is 0. The van der Waals surface area contributed by atoms with Crippen LogP contribution < -0.4 is 0 Å². The molecule has 1 aliphatic heterocycles. The first kappa shape index (κ1) is 11.2. The average Bonchev–Trinajstić information content (AvgIpc) is 2.27. The summed E-state index contributed by atoms with van der Waals surface area (Å²) >= 11 is 0. The summed E-state index contributed by atoms with van der Waals surface area (Å²) in [6, 6.07) is 0. The van der Waals surface area contributed by atoms with E-state index in [-0.39, 0.29) is 0 Å². The molecular weight excluding hydrogens is 196 g/mol. The molecule has 1 heterocycles. The highest BCUT2D eigenvalue weighted by Gasteiger charge is 2.51. The smallest absolute Gasteiger partial charge is 0.0873 e. The molecule has 0 fully saturated rings. The molecule has 0 nitrogen and oxygen atoms in total. The predicted octanol–water partition coefficient (Wildman–Crippen LogP) is 4.49. The van der Waals surface area contributed by atoms with Gasteiger partial charge in [0.15, 0.2) is 0 Å². The first-order valence-electron chi connectivity index (χ1n) is 6.03. The first-order valence-corrected chi connectivity index (χ1v) is 9.11. The molecule has 1 heteroatoms. The molecule has 0 saturated heterocycles. The van der Waals surface area contributed by atoms with Gasteiger partial charge in [-0.25, -0.2) is 0 Å². The Bertz CT molecular complexity index is 378. The molecule has 0 unspecified atom stereocenters. The maximum atomic E-state index is 2.60. The first-order chi connectivity index (χ1) is 6.58. The van der Waals surface area contributed by atoms with Crippen molar-refractivity contribution in [2.75, 3.05) is 0 Å². The summed E-state index contributed by atoms with van der Waals surface area (Å²) in [6.45, 7) is 17.1. The SMILES string of the molecule is CC1=C[Si](C)(C)C2=C1C(C)(C)CC2(C)C. The van der Waals surface area contributed by atoms with Crippen LogP contribution in [0, 0.1) is 10.8 Å². The minimum Gasteiger partial charge on any atom is -0.0873 e. The second-order valence-corrected chi connectivity index (χ2v) is 11.5. The lowest BCUT2D eigenvalue weighted by Crippen LogP contribution is -2.32. The van der Waals surface area contributed by atoms with Crippen molar-refractivity contribution in [3.05, 3.63) is 22.0 Å². The van der Waals surface area contributed by atoms with Gasteiger partial charge in [0.05, 0.1) is 0 Å². The van der Waals surface area contributed by atoms with Crippen molar-refractivity contribution >= 4 is 8.07 Å². The third-order valence-electron chi connectivity index (χ3n) is 4.10. The molecule has 0 bridgehead atoms. The highest BCUT2D eigenvalue weighted by molar-refractivity contribution is 6.90. The molecule has 1 aliphatic carbocycles. The van der Waals surface area contributed by atoms with E-state index < -0.39 is 8.07 Å². The molecule has 0 radical (unpaired) electrons. The summed E-state index contributed by atoms with van der Waals surface area (Å²) in [5.41, 5.74) is 6.73. The zero-order valence-electron chi connectivity index (χ0n) is 11.3. The van der Waals surface area contributed by atoms with Gasteiger partial charge in [-0.05, 0) is 29.7 Å². The van der Waals surface area contributed by atoms with Gasteiger partial charge in [0.2, 0.25) is 0 Å². The van der Waals surface area contributed by atoms with Crippen molar-refractivity contribution in [1.82, 2.24) is 0 Å². The summed E-state index contributed by atoms with van der Waals surface area (Å²) in [6.07, 6.45) is 1.33. The monoisotopic (exact) mass is 220 g/mol. The summed E-state index contributed by atoms with van der Waals surface area (Å²) in [5.74, 6) is 0. The van der Waals surface area contributed by atoms with Crippen LogP contribution in [0.1, 0.15) is 41.0 Å². The van der Waals surface area contributed by atoms with Gasteiger partial charge in [-0.1, -0.05) is 57.3 Å². The maximum absolute atomic E-state index is 2.60. The van der Waals surface area contributed by atoms with Gasteiger partial charge in [0.1, 0.15) is 8.07 Å². The molecule has 0 N–H and O–H groups in total. The van der Waals surface area contributed by atoms with Crippen LogP contribution in [0.25, 0.3) is 0 Å². The fraction of sp³-hybridized carbons (Fsp3) is 0.714. The van der Waals surface area contributed by atoms with Crippen molar-refractivity contribution < 1.29 is 0 Å². The molecule has 15 heavy (non-hydrogen) atoms. The molecule has 84 valence electrons. The fourth-order valence-corrected chi connectivity index (χ4v) is 8.95. The minimum atomic E-state index is -1.24. The molecule has 2 aliphatic rings. The van der Waals surface area contributed by atoms with E-state index in [0.29, 0.717) is 10.8 Å². The van der Waals surface area contributed by atoms with E-state index in [1.165, 1.54) is 6.42 Å². The highest BCUT2D eigenvalue weighted by Crippen LogP contribution is 2.60. The van der Waals surface area contributed by atoms with Crippen LogP contribution in [-0.4, -0.2) is 8.07 Å². The Morgan fingerprint density at radius 2 is 1.60 bits per heavy atom. The number of hydrogen-bond acceptors (Lipinski definition) is 0. The lowest BCUT2D eigenvalue weighted by atomic mass is 9.79. The fourth-order valence-electron chi connectivity index (χ4n) is 4.57. The van der Waals surface area contributed by atoms with Gasteiger partial charge in [-0.2, -0.15) is 0 Å². The Balaban J connectivity index is 2.67.